The van der Waals surface area contributed by atoms with Crippen molar-refractivity contribution in [3.63, 3.8) is 0 Å². The first kappa shape index (κ1) is 26.7. The fourth-order valence-corrected chi connectivity index (χ4v) is 6.06. The number of aromatic nitrogens is 4. The Morgan fingerprint density at radius 1 is 1.00 bits per heavy atom. The molecule has 0 aliphatic carbocycles. The van der Waals surface area contributed by atoms with Crippen LogP contribution in [-0.4, -0.2) is 56.0 Å². The molecule has 0 radical (unpaired) electrons. The second-order valence-electron chi connectivity index (χ2n) is 11.5. The van der Waals surface area contributed by atoms with Crippen LogP contribution in [0.15, 0.2) is 73.1 Å². The number of piperidine rings is 1. The Morgan fingerprint density at radius 2 is 1.88 bits per heavy atom. The van der Waals surface area contributed by atoms with E-state index < -0.39 is 0 Å². The number of carbonyl (C=O) groups excluding carboxylic acids is 1. The van der Waals surface area contributed by atoms with E-state index in [4.69, 9.17) is 19.4 Å². The predicted octanol–water partition coefficient (Wildman–Crippen LogP) is 5.93. The number of hydrogen-bond donors (Lipinski definition) is 0. The first-order valence-electron chi connectivity index (χ1n) is 14.9. The van der Waals surface area contributed by atoms with Crippen LogP contribution in [0.3, 0.4) is 0 Å². The Hall–Kier alpha value is -4.14. The molecule has 8 heteroatoms. The zero-order chi connectivity index (χ0) is 28.5. The molecular weight excluding hydrogens is 526 g/mol. The van der Waals surface area contributed by atoms with Gasteiger partial charge >= 0.3 is 0 Å². The minimum Gasteiger partial charge on any atom is -0.473 e. The summed E-state index contributed by atoms with van der Waals surface area (Å²) in [6.07, 6.45) is 7.04. The third kappa shape index (κ3) is 5.65. The molecule has 0 saturated carbocycles. The van der Waals surface area contributed by atoms with Gasteiger partial charge in [0.15, 0.2) is 5.78 Å². The first-order valence-corrected chi connectivity index (χ1v) is 14.9. The summed E-state index contributed by atoms with van der Waals surface area (Å²) in [6, 6.07) is 20.3. The van der Waals surface area contributed by atoms with Crippen molar-refractivity contribution < 1.29 is 14.3 Å². The molecule has 2 aliphatic heterocycles. The van der Waals surface area contributed by atoms with Gasteiger partial charge in [0.25, 0.3) is 0 Å². The van der Waals surface area contributed by atoms with Crippen molar-refractivity contribution in [3.8, 4) is 5.88 Å². The Bertz CT molecular complexity index is 1740. The van der Waals surface area contributed by atoms with E-state index in [2.05, 4.69) is 44.8 Å². The molecule has 8 nitrogen and oxygen atoms in total. The third-order valence-electron chi connectivity index (χ3n) is 8.62. The van der Waals surface area contributed by atoms with Crippen molar-refractivity contribution in [3.05, 3.63) is 95.7 Å². The number of nitrogens with zero attached hydrogens (tertiary/aromatic N) is 5. The molecule has 42 heavy (non-hydrogen) atoms. The fourth-order valence-electron chi connectivity index (χ4n) is 6.06. The van der Waals surface area contributed by atoms with Crippen LogP contribution in [0, 0.1) is 0 Å². The maximum absolute atomic E-state index is 12.0. The van der Waals surface area contributed by atoms with Gasteiger partial charge in [-0.05, 0) is 86.6 Å². The summed E-state index contributed by atoms with van der Waals surface area (Å²) in [5, 5.41) is 2.28. The molecule has 1 unspecified atom stereocenters. The molecule has 214 valence electrons. The van der Waals surface area contributed by atoms with Gasteiger partial charge < -0.3 is 14.0 Å². The van der Waals surface area contributed by atoms with Crippen molar-refractivity contribution in [1.29, 1.82) is 0 Å². The molecule has 5 heterocycles. The quantitative estimate of drug-likeness (QED) is 0.206. The van der Waals surface area contributed by atoms with Crippen LogP contribution in [0.5, 0.6) is 5.88 Å². The number of ketones is 1. The van der Waals surface area contributed by atoms with E-state index in [-0.39, 0.29) is 11.9 Å². The fraction of sp³-hybridized carbons (Fsp3) is 0.353. The summed E-state index contributed by atoms with van der Waals surface area (Å²) >= 11 is 0. The number of carbonyl (C=O) groups is 1. The summed E-state index contributed by atoms with van der Waals surface area (Å²) in [5.41, 5.74) is 4.87. The van der Waals surface area contributed by atoms with Gasteiger partial charge in [-0.1, -0.05) is 18.2 Å². The van der Waals surface area contributed by atoms with E-state index >= 15 is 0 Å². The van der Waals surface area contributed by atoms with E-state index in [0.717, 1.165) is 91.1 Å². The van der Waals surface area contributed by atoms with Crippen molar-refractivity contribution in [2.24, 2.45) is 0 Å². The van der Waals surface area contributed by atoms with E-state index in [9.17, 15) is 4.79 Å². The highest BCUT2D eigenvalue weighted by molar-refractivity contribution is 5.97. The topological polar surface area (TPSA) is 82.4 Å². The predicted molar refractivity (Wildman–Crippen MR) is 162 cm³/mol. The largest absolute Gasteiger partial charge is 0.473 e. The number of ether oxygens (including phenoxy) is 2. The zero-order valence-corrected chi connectivity index (χ0v) is 23.9. The number of pyridine rings is 2. The lowest BCUT2D eigenvalue weighted by Gasteiger charge is -2.32. The van der Waals surface area contributed by atoms with Crippen LogP contribution in [0.2, 0.25) is 0 Å². The number of imidazole rings is 1. The number of fused-ring (bicyclic) bond motifs is 2. The van der Waals surface area contributed by atoms with E-state index in [1.54, 1.807) is 6.92 Å². The van der Waals surface area contributed by atoms with E-state index in [0.29, 0.717) is 18.4 Å². The highest BCUT2D eigenvalue weighted by Gasteiger charge is 2.26. The van der Waals surface area contributed by atoms with Crippen molar-refractivity contribution in [2.75, 3.05) is 19.7 Å². The molecule has 0 amide bonds. The standard InChI is InChI=1S/C34H35N5O3/c1-23(40)27-7-8-31-32(18-27)39(20-29-12-16-41-29)33(36-31)21-38-14-10-26(11-15-38)30-3-2-4-34(37-30)42-22-24-5-6-25-9-13-35-19-28(25)17-24/h2-9,13,17-19,26,29H,10-12,14-16,20-22H2,1H3. The number of likely N-dealkylation sites (tertiary alicyclic amines) is 1. The van der Waals surface area contributed by atoms with Gasteiger partial charge in [0.2, 0.25) is 5.88 Å². The van der Waals surface area contributed by atoms with Crippen LogP contribution in [0.1, 0.15) is 59.5 Å². The molecular formula is C34H35N5O3. The lowest BCUT2D eigenvalue weighted by atomic mass is 9.93. The van der Waals surface area contributed by atoms with Gasteiger partial charge in [-0.2, -0.15) is 0 Å². The molecule has 1 atom stereocenters. The summed E-state index contributed by atoms with van der Waals surface area (Å²) in [6.45, 7) is 6.41. The van der Waals surface area contributed by atoms with Gasteiger partial charge in [-0.15, -0.1) is 0 Å². The number of hydrogen-bond acceptors (Lipinski definition) is 7. The van der Waals surface area contributed by atoms with Gasteiger partial charge in [0.1, 0.15) is 12.4 Å². The average Bonchev–Trinajstić information content (AvgIpc) is 3.34. The second-order valence-corrected chi connectivity index (χ2v) is 11.5. The monoisotopic (exact) mass is 561 g/mol. The molecule has 5 aromatic rings. The average molecular weight is 562 g/mol. The maximum atomic E-state index is 12.0. The molecule has 2 fully saturated rings. The van der Waals surface area contributed by atoms with Gasteiger partial charge in [0.05, 0.1) is 30.2 Å². The molecule has 0 bridgehead atoms. The number of Topliss-reactive ketones (excluding diaryl/α,β-unsaturated/α-hetero) is 1. The van der Waals surface area contributed by atoms with Crippen LogP contribution >= 0.6 is 0 Å². The van der Waals surface area contributed by atoms with Crippen molar-refractivity contribution in [2.45, 2.75) is 57.9 Å². The maximum Gasteiger partial charge on any atom is 0.213 e. The lowest BCUT2D eigenvalue weighted by Crippen LogP contribution is -2.35. The van der Waals surface area contributed by atoms with Crippen LogP contribution < -0.4 is 4.74 Å². The summed E-state index contributed by atoms with van der Waals surface area (Å²) < 4.78 is 14.1. The smallest absolute Gasteiger partial charge is 0.213 e. The van der Waals surface area contributed by atoms with Crippen LogP contribution in [0.4, 0.5) is 0 Å². The molecule has 2 aliphatic rings. The van der Waals surface area contributed by atoms with Crippen LogP contribution in [0.25, 0.3) is 21.8 Å². The lowest BCUT2D eigenvalue weighted by molar-refractivity contribution is -0.0592. The highest BCUT2D eigenvalue weighted by Crippen LogP contribution is 2.30. The number of rotatable bonds is 9. The van der Waals surface area contributed by atoms with E-state index in [1.165, 1.54) is 5.39 Å². The Morgan fingerprint density at radius 3 is 2.69 bits per heavy atom. The Labute approximate surface area is 245 Å². The highest BCUT2D eigenvalue weighted by atomic mass is 16.5. The molecule has 0 spiro atoms. The Kier molecular flexibility index (Phi) is 7.40. The van der Waals surface area contributed by atoms with Gasteiger partial charge in [-0.25, -0.2) is 9.97 Å². The summed E-state index contributed by atoms with van der Waals surface area (Å²) in [5.74, 6) is 2.18. The first-order chi connectivity index (χ1) is 20.6. The van der Waals surface area contributed by atoms with Crippen molar-refractivity contribution >= 4 is 27.6 Å². The molecule has 2 aromatic carbocycles. The minimum absolute atomic E-state index is 0.0717. The van der Waals surface area contributed by atoms with Gasteiger partial charge in [-0.3, -0.25) is 14.7 Å². The normalized spacial score (nSPS) is 17.9. The van der Waals surface area contributed by atoms with Gasteiger partial charge in [0, 0.05) is 47.6 Å². The Balaban J connectivity index is 1.000. The molecule has 0 N–H and O–H groups in total. The SMILES string of the molecule is CC(=O)c1ccc2nc(CN3CCC(c4cccc(OCc5ccc6ccncc6c5)n4)CC3)n(CC3CCO3)c2c1. The second kappa shape index (κ2) is 11.6. The summed E-state index contributed by atoms with van der Waals surface area (Å²) in [7, 11) is 0. The van der Waals surface area contributed by atoms with Crippen LogP contribution in [-0.2, 0) is 24.4 Å². The molecule has 7 rings (SSSR count). The molecule has 3 aromatic heterocycles. The third-order valence-corrected chi connectivity index (χ3v) is 8.62. The minimum atomic E-state index is 0.0717. The summed E-state index contributed by atoms with van der Waals surface area (Å²) in [4.78, 5) is 28.6. The molecule has 2 saturated heterocycles. The van der Waals surface area contributed by atoms with E-state index in [1.807, 2.05) is 42.7 Å². The zero-order valence-electron chi connectivity index (χ0n) is 23.9. The number of benzene rings is 2. The van der Waals surface area contributed by atoms with Crippen molar-refractivity contribution in [1.82, 2.24) is 24.4 Å².